The maximum Gasteiger partial charge on any atom is 0.430 e. The molecule has 2 heterocycles. The molecular formula is C21H18Cl2F3N3O3. The molecule has 2 aromatic carbocycles. The van der Waals surface area contributed by atoms with Gasteiger partial charge in [0, 0.05) is 43.1 Å². The number of hydrogen-bond donors (Lipinski definition) is 1. The zero-order valence-corrected chi connectivity index (χ0v) is 18.1. The van der Waals surface area contributed by atoms with Crippen LogP contribution in [0.1, 0.15) is 30.4 Å². The lowest BCUT2D eigenvalue weighted by atomic mass is 9.86. The van der Waals surface area contributed by atoms with Crippen LogP contribution < -0.4 is 5.32 Å². The number of hydrogen-bond acceptors (Lipinski definition) is 5. The number of carbonyl (C=O) groups is 1. The van der Waals surface area contributed by atoms with Gasteiger partial charge >= 0.3 is 12.3 Å². The van der Waals surface area contributed by atoms with Crippen LogP contribution in [0, 0.1) is 0 Å². The molecule has 0 bridgehead atoms. The molecule has 4 rings (SSSR count). The molecule has 1 amide bonds. The SMILES string of the molecule is O=C(Nc1ccc(Cl)c(C(F)(F)F)c1)ON1CCC2(CC1)CC(c1ccc(Cl)cc1)=NO2. The van der Waals surface area contributed by atoms with E-state index in [1.54, 1.807) is 12.1 Å². The average Bonchev–Trinajstić information content (AvgIpc) is 3.15. The molecular weight excluding hydrogens is 470 g/mol. The number of piperidine rings is 1. The summed E-state index contributed by atoms with van der Waals surface area (Å²) in [7, 11) is 0. The fraction of sp³-hybridized carbons (Fsp3) is 0.333. The molecule has 6 nitrogen and oxygen atoms in total. The Hall–Kier alpha value is -2.49. The van der Waals surface area contributed by atoms with Crippen molar-refractivity contribution >= 4 is 40.7 Å². The first-order valence-corrected chi connectivity index (χ1v) is 10.5. The van der Waals surface area contributed by atoms with E-state index in [9.17, 15) is 18.0 Å². The summed E-state index contributed by atoms with van der Waals surface area (Å²) in [5.74, 6) is 0. The Kier molecular flexibility index (Phi) is 6.24. The summed E-state index contributed by atoms with van der Waals surface area (Å²) < 4.78 is 38.9. The fourth-order valence-corrected chi connectivity index (χ4v) is 4.00. The number of nitrogens with one attached hydrogen (secondary N) is 1. The number of alkyl halides is 3. The molecule has 1 saturated heterocycles. The first-order chi connectivity index (χ1) is 15.1. The van der Waals surface area contributed by atoms with Gasteiger partial charge in [-0.2, -0.15) is 13.2 Å². The van der Waals surface area contributed by atoms with E-state index in [2.05, 4.69) is 10.5 Å². The predicted octanol–water partition coefficient (Wildman–Crippen LogP) is 6.13. The highest BCUT2D eigenvalue weighted by atomic mass is 35.5. The summed E-state index contributed by atoms with van der Waals surface area (Å²) in [5.41, 5.74) is 0.193. The van der Waals surface area contributed by atoms with E-state index in [1.165, 1.54) is 11.1 Å². The first-order valence-electron chi connectivity index (χ1n) is 9.75. The van der Waals surface area contributed by atoms with E-state index in [0.29, 0.717) is 37.4 Å². The van der Waals surface area contributed by atoms with Gasteiger partial charge in [0.15, 0.2) is 0 Å². The molecule has 1 N–H and O–H groups in total. The van der Waals surface area contributed by atoms with Crippen LogP contribution >= 0.6 is 23.2 Å². The minimum atomic E-state index is -4.63. The van der Waals surface area contributed by atoms with Gasteiger partial charge in [-0.15, -0.1) is 5.06 Å². The van der Waals surface area contributed by atoms with Crippen molar-refractivity contribution in [3.05, 3.63) is 63.6 Å². The molecule has 170 valence electrons. The highest BCUT2D eigenvalue weighted by Crippen LogP contribution is 2.37. The normalized spacial score (nSPS) is 18.2. The molecule has 1 fully saturated rings. The second kappa shape index (κ2) is 8.80. The van der Waals surface area contributed by atoms with E-state index >= 15 is 0 Å². The number of carbonyl (C=O) groups excluding carboxylic acids is 1. The number of oxime groups is 1. The van der Waals surface area contributed by atoms with Gasteiger partial charge in [-0.3, -0.25) is 5.32 Å². The van der Waals surface area contributed by atoms with Crippen molar-refractivity contribution in [3.8, 4) is 0 Å². The van der Waals surface area contributed by atoms with Crippen LogP contribution in [0.15, 0.2) is 47.6 Å². The average molecular weight is 488 g/mol. The van der Waals surface area contributed by atoms with E-state index < -0.39 is 28.5 Å². The van der Waals surface area contributed by atoms with Crippen molar-refractivity contribution in [3.63, 3.8) is 0 Å². The molecule has 0 saturated carbocycles. The Balaban J connectivity index is 1.29. The largest absolute Gasteiger partial charge is 0.430 e. The number of amides is 1. The summed E-state index contributed by atoms with van der Waals surface area (Å²) >= 11 is 11.5. The minimum Gasteiger partial charge on any atom is -0.388 e. The number of benzene rings is 2. The molecule has 1 spiro atoms. The van der Waals surface area contributed by atoms with Gasteiger partial charge < -0.3 is 9.68 Å². The topological polar surface area (TPSA) is 63.2 Å². The third-order valence-corrected chi connectivity index (χ3v) is 5.96. The number of halogens is 5. The maximum atomic E-state index is 13.0. The highest BCUT2D eigenvalue weighted by molar-refractivity contribution is 6.31. The van der Waals surface area contributed by atoms with Crippen LogP contribution in [0.5, 0.6) is 0 Å². The van der Waals surface area contributed by atoms with E-state index in [1.807, 2.05) is 12.1 Å². The van der Waals surface area contributed by atoms with Gasteiger partial charge in [-0.25, -0.2) is 4.79 Å². The van der Waals surface area contributed by atoms with Gasteiger partial charge in [0.05, 0.1) is 16.3 Å². The molecule has 0 radical (unpaired) electrons. The summed E-state index contributed by atoms with van der Waals surface area (Å²) in [6.07, 6.45) is -3.75. The quantitative estimate of drug-likeness (QED) is 0.565. The first kappa shape index (κ1) is 22.7. The van der Waals surface area contributed by atoms with Crippen molar-refractivity contribution in [1.82, 2.24) is 5.06 Å². The van der Waals surface area contributed by atoms with Crippen molar-refractivity contribution in [2.24, 2.45) is 5.16 Å². The Bertz CT molecular complexity index is 1040. The highest BCUT2D eigenvalue weighted by Gasteiger charge is 2.43. The predicted molar refractivity (Wildman–Crippen MR) is 114 cm³/mol. The second-order valence-electron chi connectivity index (χ2n) is 7.62. The lowest BCUT2D eigenvalue weighted by molar-refractivity contribution is -0.154. The zero-order valence-electron chi connectivity index (χ0n) is 16.6. The maximum absolute atomic E-state index is 13.0. The van der Waals surface area contributed by atoms with Crippen LogP contribution in [-0.2, 0) is 15.9 Å². The molecule has 11 heteroatoms. The van der Waals surface area contributed by atoms with Gasteiger partial charge in [0.2, 0.25) is 0 Å². The molecule has 32 heavy (non-hydrogen) atoms. The van der Waals surface area contributed by atoms with Crippen molar-refractivity contribution in [2.75, 3.05) is 18.4 Å². The standard InChI is InChI=1S/C21H18Cl2F3N3O3/c22-14-3-1-13(2-4-14)18-12-20(32-28-18)7-9-29(10-8-20)31-19(30)27-15-5-6-17(23)16(11-15)21(24,25)26/h1-6,11H,7-10,12H2,(H,27,30). The van der Waals surface area contributed by atoms with Crippen LogP contribution in [0.25, 0.3) is 0 Å². The molecule has 2 aliphatic heterocycles. The molecule has 0 aliphatic carbocycles. The van der Waals surface area contributed by atoms with E-state index in [-0.39, 0.29) is 5.69 Å². The fourth-order valence-electron chi connectivity index (χ4n) is 3.65. The van der Waals surface area contributed by atoms with E-state index in [4.69, 9.17) is 32.9 Å². The molecule has 0 aromatic heterocycles. The summed E-state index contributed by atoms with van der Waals surface area (Å²) in [6, 6.07) is 10.4. The number of rotatable bonds is 3. The summed E-state index contributed by atoms with van der Waals surface area (Å²) in [6.45, 7) is 0.788. The number of anilines is 1. The molecule has 0 atom stereocenters. The second-order valence-corrected chi connectivity index (χ2v) is 8.46. The molecule has 0 unspecified atom stereocenters. The van der Waals surface area contributed by atoms with Gasteiger partial charge in [0.25, 0.3) is 0 Å². The van der Waals surface area contributed by atoms with Gasteiger partial charge in [-0.05, 0) is 35.9 Å². The number of hydroxylamine groups is 2. The molecule has 2 aliphatic rings. The van der Waals surface area contributed by atoms with Crippen molar-refractivity contribution in [1.29, 1.82) is 0 Å². The Morgan fingerprint density at radius 3 is 2.47 bits per heavy atom. The van der Waals surface area contributed by atoms with Gasteiger partial charge in [0.1, 0.15) is 5.60 Å². The Morgan fingerprint density at radius 2 is 1.81 bits per heavy atom. The van der Waals surface area contributed by atoms with E-state index in [0.717, 1.165) is 23.4 Å². The minimum absolute atomic E-state index is 0.0691. The smallest absolute Gasteiger partial charge is 0.388 e. The number of nitrogens with zero attached hydrogens (tertiary/aromatic N) is 2. The third kappa shape index (κ3) is 5.11. The Morgan fingerprint density at radius 1 is 1.12 bits per heavy atom. The summed E-state index contributed by atoms with van der Waals surface area (Å²) in [4.78, 5) is 23.1. The Labute approximate surface area is 191 Å². The van der Waals surface area contributed by atoms with Crippen molar-refractivity contribution < 1.29 is 27.6 Å². The monoisotopic (exact) mass is 487 g/mol. The van der Waals surface area contributed by atoms with Crippen LogP contribution in [-0.4, -0.2) is 35.6 Å². The van der Waals surface area contributed by atoms with Crippen LogP contribution in [0.4, 0.5) is 23.7 Å². The zero-order chi connectivity index (χ0) is 22.9. The van der Waals surface area contributed by atoms with Crippen LogP contribution in [0.2, 0.25) is 10.0 Å². The summed E-state index contributed by atoms with van der Waals surface area (Å²) in [5, 5.41) is 8.16. The third-order valence-electron chi connectivity index (χ3n) is 5.38. The lowest BCUT2D eigenvalue weighted by Crippen LogP contribution is -2.45. The van der Waals surface area contributed by atoms with Crippen LogP contribution in [0.3, 0.4) is 0 Å². The molecule has 2 aromatic rings. The lowest BCUT2D eigenvalue weighted by Gasteiger charge is -2.35. The van der Waals surface area contributed by atoms with Crippen molar-refractivity contribution in [2.45, 2.75) is 31.0 Å². The van der Waals surface area contributed by atoms with Gasteiger partial charge in [-0.1, -0.05) is 40.5 Å².